The van der Waals surface area contributed by atoms with Crippen LogP contribution in [0.1, 0.15) is 6.42 Å². The normalized spacial score (nSPS) is 24.4. The first-order valence-corrected chi connectivity index (χ1v) is 8.09. The van der Waals surface area contributed by atoms with Crippen LogP contribution in [-0.4, -0.2) is 62.4 Å². The Morgan fingerprint density at radius 1 is 1.05 bits per heavy atom. The highest BCUT2D eigenvalue weighted by atomic mass is 79.9. The number of hydrogen-bond acceptors (Lipinski definition) is 4. The van der Waals surface area contributed by atoms with Gasteiger partial charge < -0.3 is 19.8 Å². The predicted octanol–water partition coefficient (Wildman–Crippen LogP) is 1.77. The van der Waals surface area contributed by atoms with Crippen molar-refractivity contribution in [1.29, 1.82) is 0 Å². The molecule has 4 nitrogen and oxygen atoms in total. The first-order valence-electron chi connectivity index (χ1n) is 7.29. The van der Waals surface area contributed by atoms with Crippen molar-refractivity contribution in [3.63, 3.8) is 0 Å². The van der Waals surface area contributed by atoms with Gasteiger partial charge in [-0.1, -0.05) is 15.9 Å². The Kier molecular flexibility index (Phi) is 4.19. The summed E-state index contributed by atoms with van der Waals surface area (Å²) in [5.74, 6) is 0. The van der Waals surface area contributed by atoms with E-state index < -0.39 is 0 Å². The van der Waals surface area contributed by atoms with Crippen LogP contribution in [0.25, 0.3) is 0 Å². The van der Waals surface area contributed by atoms with Crippen LogP contribution in [0.2, 0.25) is 0 Å². The number of likely N-dealkylation sites (N-methyl/N-ethyl adjacent to an activating group) is 1. The molecule has 2 heterocycles. The van der Waals surface area contributed by atoms with Crippen molar-refractivity contribution < 1.29 is 5.11 Å². The molecule has 0 saturated carbocycles. The zero-order chi connectivity index (χ0) is 14.1. The lowest BCUT2D eigenvalue weighted by atomic mass is 10.2. The van der Waals surface area contributed by atoms with E-state index in [1.807, 2.05) is 0 Å². The van der Waals surface area contributed by atoms with Crippen molar-refractivity contribution in [2.45, 2.75) is 12.5 Å². The average Bonchev–Trinajstić information content (AvgIpc) is 2.86. The fraction of sp³-hybridized carbons (Fsp3) is 0.600. The summed E-state index contributed by atoms with van der Waals surface area (Å²) in [4.78, 5) is 7.14. The molecule has 5 heteroatoms. The van der Waals surface area contributed by atoms with Gasteiger partial charge in [-0.2, -0.15) is 0 Å². The second kappa shape index (κ2) is 5.92. The summed E-state index contributed by atoms with van der Waals surface area (Å²) in [6.07, 6.45) is 0.684. The minimum Gasteiger partial charge on any atom is -0.391 e. The summed E-state index contributed by atoms with van der Waals surface area (Å²) in [5, 5.41) is 9.79. The highest BCUT2D eigenvalue weighted by molar-refractivity contribution is 9.10. The van der Waals surface area contributed by atoms with Gasteiger partial charge in [0.25, 0.3) is 0 Å². The van der Waals surface area contributed by atoms with E-state index in [0.717, 1.165) is 50.2 Å². The number of aliphatic hydroxyl groups is 1. The van der Waals surface area contributed by atoms with Crippen molar-refractivity contribution in [3.8, 4) is 0 Å². The van der Waals surface area contributed by atoms with Gasteiger partial charge in [0.05, 0.1) is 17.5 Å². The minimum atomic E-state index is -0.186. The summed E-state index contributed by atoms with van der Waals surface area (Å²) in [6, 6.07) is 6.50. The van der Waals surface area contributed by atoms with Gasteiger partial charge in [0.15, 0.2) is 0 Å². The molecule has 2 fully saturated rings. The lowest BCUT2D eigenvalue weighted by molar-refractivity contribution is 0.198. The van der Waals surface area contributed by atoms with Crippen LogP contribution >= 0.6 is 15.9 Å². The highest BCUT2D eigenvalue weighted by Gasteiger charge is 2.25. The largest absolute Gasteiger partial charge is 0.391 e. The summed E-state index contributed by atoms with van der Waals surface area (Å²) >= 11 is 3.58. The Bertz CT molecular complexity index is 474. The van der Waals surface area contributed by atoms with Crippen LogP contribution in [0.3, 0.4) is 0 Å². The van der Waals surface area contributed by atoms with E-state index in [1.165, 1.54) is 11.4 Å². The Morgan fingerprint density at radius 3 is 2.45 bits per heavy atom. The maximum Gasteiger partial charge on any atom is 0.0731 e. The molecule has 1 N–H and O–H groups in total. The molecule has 0 aromatic heterocycles. The molecule has 2 aliphatic heterocycles. The molecule has 110 valence electrons. The molecule has 2 saturated heterocycles. The lowest BCUT2D eigenvalue weighted by Crippen LogP contribution is -2.45. The second-order valence-electron chi connectivity index (χ2n) is 5.81. The Hall–Kier alpha value is -0.780. The number of piperazine rings is 1. The third kappa shape index (κ3) is 2.95. The molecule has 0 amide bonds. The number of anilines is 2. The molecule has 2 aliphatic rings. The van der Waals surface area contributed by atoms with E-state index in [9.17, 15) is 5.11 Å². The Morgan fingerprint density at radius 2 is 1.80 bits per heavy atom. The summed E-state index contributed by atoms with van der Waals surface area (Å²) in [7, 11) is 2.18. The number of benzene rings is 1. The number of rotatable bonds is 2. The molecule has 1 atom stereocenters. The number of halogens is 1. The highest BCUT2D eigenvalue weighted by Crippen LogP contribution is 2.34. The zero-order valence-electron chi connectivity index (χ0n) is 11.9. The van der Waals surface area contributed by atoms with Gasteiger partial charge in [-0.15, -0.1) is 0 Å². The third-order valence-electron chi connectivity index (χ3n) is 4.29. The predicted molar refractivity (Wildman–Crippen MR) is 86.7 cm³/mol. The monoisotopic (exact) mass is 339 g/mol. The first-order chi connectivity index (χ1) is 9.63. The molecule has 3 rings (SSSR count). The Balaban J connectivity index is 1.86. The molecule has 0 unspecified atom stereocenters. The van der Waals surface area contributed by atoms with Gasteiger partial charge >= 0.3 is 0 Å². The zero-order valence-corrected chi connectivity index (χ0v) is 13.5. The van der Waals surface area contributed by atoms with Crippen LogP contribution in [-0.2, 0) is 0 Å². The average molecular weight is 340 g/mol. The lowest BCUT2D eigenvalue weighted by Gasteiger charge is -2.36. The van der Waals surface area contributed by atoms with Gasteiger partial charge in [-0.25, -0.2) is 0 Å². The number of β-amino-alcohol motifs (C(OH)–C–C–N with tert-alkyl or cyclic N) is 1. The fourth-order valence-electron chi connectivity index (χ4n) is 3.03. The summed E-state index contributed by atoms with van der Waals surface area (Å²) < 4.78 is 1.10. The number of aliphatic hydroxyl groups excluding tert-OH is 1. The van der Waals surface area contributed by atoms with Gasteiger partial charge in [0.1, 0.15) is 0 Å². The van der Waals surface area contributed by atoms with E-state index in [1.54, 1.807) is 0 Å². The van der Waals surface area contributed by atoms with E-state index >= 15 is 0 Å². The maximum atomic E-state index is 9.79. The van der Waals surface area contributed by atoms with E-state index in [-0.39, 0.29) is 6.10 Å². The van der Waals surface area contributed by atoms with Gasteiger partial charge in [0, 0.05) is 43.7 Å². The minimum absolute atomic E-state index is 0.186. The van der Waals surface area contributed by atoms with Crippen molar-refractivity contribution in [3.05, 3.63) is 22.7 Å². The quantitative estimate of drug-likeness (QED) is 0.889. The summed E-state index contributed by atoms with van der Waals surface area (Å²) in [5.41, 5.74) is 2.55. The topological polar surface area (TPSA) is 30.0 Å². The molecular weight excluding hydrogens is 318 g/mol. The SMILES string of the molecule is CN1CCN(c2ccc(Br)cc2N2CC[C@@H](O)C2)CC1. The van der Waals surface area contributed by atoms with Crippen molar-refractivity contribution in [1.82, 2.24) is 4.90 Å². The molecule has 1 aromatic carbocycles. The fourth-order valence-corrected chi connectivity index (χ4v) is 3.37. The molecule has 0 spiro atoms. The number of nitrogens with zero attached hydrogens (tertiary/aromatic N) is 3. The summed E-state index contributed by atoms with van der Waals surface area (Å²) in [6.45, 7) is 6.05. The number of hydrogen-bond donors (Lipinski definition) is 1. The van der Waals surface area contributed by atoms with Crippen LogP contribution in [0, 0.1) is 0 Å². The molecule has 20 heavy (non-hydrogen) atoms. The maximum absolute atomic E-state index is 9.79. The van der Waals surface area contributed by atoms with Crippen LogP contribution < -0.4 is 9.80 Å². The van der Waals surface area contributed by atoms with Crippen molar-refractivity contribution in [2.24, 2.45) is 0 Å². The first kappa shape index (κ1) is 14.2. The van der Waals surface area contributed by atoms with E-state index in [0.29, 0.717) is 0 Å². The molecular formula is C15H22BrN3O. The molecule has 0 bridgehead atoms. The van der Waals surface area contributed by atoms with Crippen LogP contribution in [0.4, 0.5) is 11.4 Å². The van der Waals surface area contributed by atoms with Gasteiger partial charge in [0.2, 0.25) is 0 Å². The molecule has 0 radical (unpaired) electrons. The van der Waals surface area contributed by atoms with Gasteiger partial charge in [-0.3, -0.25) is 0 Å². The van der Waals surface area contributed by atoms with Crippen LogP contribution in [0.5, 0.6) is 0 Å². The van der Waals surface area contributed by atoms with Crippen LogP contribution in [0.15, 0.2) is 22.7 Å². The van der Waals surface area contributed by atoms with E-state index in [2.05, 4.69) is 55.9 Å². The third-order valence-corrected chi connectivity index (χ3v) is 4.78. The van der Waals surface area contributed by atoms with Crippen molar-refractivity contribution >= 4 is 27.3 Å². The van der Waals surface area contributed by atoms with Crippen molar-refractivity contribution in [2.75, 3.05) is 56.1 Å². The standard InChI is InChI=1S/C15H22BrN3O/c1-17-6-8-18(9-7-17)14-3-2-12(16)10-15(14)19-5-4-13(20)11-19/h2-3,10,13,20H,4-9,11H2,1H3/t13-/m1/s1. The molecule has 0 aliphatic carbocycles. The second-order valence-corrected chi connectivity index (χ2v) is 6.73. The van der Waals surface area contributed by atoms with E-state index in [4.69, 9.17) is 0 Å². The van der Waals surface area contributed by atoms with Gasteiger partial charge in [-0.05, 0) is 31.7 Å². The Labute approximate surface area is 129 Å². The molecule has 1 aromatic rings. The smallest absolute Gasteiger partial charge is 0.0731 e.